The average Bonchev–Trinajstić information content (AvgIpc) is 3.78. The van der Waals surface area contributed by atoms with Crippen LogP contribution in [-0.2, 0) is 16.1 Å². The number of hydrogen-bond donors (Lipinski definition) is 3. The van der Waals surface area contributed by atoms with Crippen molar-refractivity contribution in [2.45, 2.75) is 20.4 Å². The van der Waals surface area contributed by atoms with Gasteiger partial charge in [0.2, 0.25) is 0 Å². The first-order valence-electron chi connectivity index (χ1n) is 13.7. The number of carboxylic acids is 1. The third kappa shape index (κ3) is 6.43. The highest BCUT2D eigenvalue weighted by Gasteiger charge is 2.26. The zero-order valence-corrected chi connectivity index (χ0v) is 25.4. The first kappa shape index (κ1) is 30.3. The number of rotatable bonds is 8. The number of carbonyl (C=O) groups excluding carboxylic acids is 1. The van der Waals surface area contributed by atoms with Crippen molar-refractivity contribution < 1.29 is 19.4 Å². The quantitative estimate of drug-likeness (QED) is 0.189. The standard InChI is InChI=1S/C22H20N4O3S.C9H8N2O2S/c1-3-26-21(27)20(24-16-13-23-12-14-8-5-6-9-15(14)16)18(22(28)29-4-2)19(25-26)17-10-7-11-30-17;12-9(13)6-3-4-10-11-8(6)7-2-1-5-14-7/h5-13,24H,3-4H2,1-2H3;1-3,5,10H,4H2,(H,12,13). The number of aromatic nitrogens is 3. The van der Waals surface area contributed by atoms with Gasteiger partial charge in [0, 0.05) is 23.5 Å². The molecule has 0 saturated heterocycles. The summed E-state index contributed by atoms with van der Waals surface area (Å²) in [6.45, 7) is 4.58. The second-order valence-corrected chi connectivity index (χ2v) is 11.1. The largest absolute Gasteiger partial charge is 0.478 e. The number of ether oxygens (including phenoxy) is 1. The molecule has 0 unspecified atom stereocenters. The predicted octanol–water partition coefficient (Wildman–Crippen LogP) is 5.53. The summed E-state index contributed by atoms with van der Waals surface area (Å²) in [4.78, 5) is 42.9. The fourth-order valence-electron chi connectivity index (χ4n) is 4.46. The third-order valence-corrected chi connectivity index (χ3v) is 8.20. The van der Waals surface area contributed by atoms with Crippen molar-refractivity contribution in [3.63, 3.8) is 0 Å². The molecule has 3 N–H and O–H groups in total. The van der Waals surface area contributed by atoms with Crippen molar-refractivity contribution in [2.24, 2.45) is 5.10 Å². The Balaban J connectivity index is 0.000000229. The van der Waals surface area contributed by atoms with E-state index in [0.29, 0.717) is 30.2 Å². The molecule has 11 nitrogen and oxygen atoms in total. The van der Waals surface area contributed by atoms with Crippen LogP contribution in [0.3, 0.4) is 0 Å². The monoisotopic (exact) mass is 628 g/mol. The molecule has 1 aliphatic heterocycles. The van der Waals surface area contributed by atoms with Crippen LogP contribution in [0.25, 0.3) is 21.3 Å². The van der Waals surface area contributed by atoms with E-state index in [2.05, 4.69) is 25.9 Å². The molecule has 0 bridgehead atoms. The van der Waals surface area contributed by atoms with Crippen molar-refractivity contribution in [2.75, 3.05) is 18.5 Å². The van der Waals surface area contributed by atoms with Gasteiger partial charge in [-0.05, 0) is 42.8 Å². The summed E-state index contributed by atoms with van der Waals surface area (Å²) in [5, 5.41) is 26.2. The van der Waals surface area contributed by atoms with Gasteiger partial charge in [-0.3, -0.25) is 9.78 Å². The number of thiophene rings is 2. The molecule has 44 heavy (non-hydrogen) atoms. The Morgan fingerprint density at radius 3 is 2.48 bits per heavy atom. The van der Waals surface area contributed by atoms with Crippen LogP contribution in [0, 0.1) is 0 Å². The summed E-state index contributed by atoms with van der Waals surface area (Å²) >= 11 is 2.92. The molecule has 5 aromatic rings. The molecule has 0 spiro atoms. The minimum atomic E-state index is -0.932. The van der Waals surface area contributed by atoms with Crippen molar-refractivity contribution in [1.29, 1.82) is 0 Å². The molecule has 0 fully saturated rings. The summed E-state index contributed by atoms with van der Waals surface area (Å²) < 4.78 is 6.63. The summed E-state index contributed by atoms with van der Waals surface area (Å²) in [6.07, 6.45) is 5.02. The summed E-state index contributed by atoms with van der Waals surface area (Å²) in [5.74, 6) is -1.52. The van der Waals surface area contributed by atoms with Crippen LogP contribution in [0.15, 0.2) is 93.2 Å². The Hall–Kier alpha value is -5.14. The van der Waals surface area contributed by atoms with E-state index < -0.39 is 17.5 Å². The number of carbonyl (C=O) groups is 2. The molecule has 0 amide bonds. The smallest absolute Gasteiger partial charge is 0.342 e. The van der Waals surface area contributed by atoms with Crippen LogP contribution in [0.1, 0.15) is 29.1 Å². The maximum Gasteiger partial charge on any atom is 0.342 e. The van der Waals surface area contributed by atoms with E-state index in [4.69, 9.17) is 9.84 Å². The minimum absolute atomic E-state index is 0.127. The van der Waals surface area contributed by atoms with Crippen LogP contribution in [0.5, 0.6) is 0 Å². The lowest BCUT2D eigenvalue weighted by Gasteiger charge is -2.16. The van der Waals surface area contributed by atoms with E-state index in [0.717, 1.165) is 20.5 Å². The number of nitrogens with one attached hydrogen (secondary N) is 2. The van der Waals surface area contributed by atoms with Crippen LogP contribution in [-0.4, -0.2) is 50.7 Å². The van der Waals surface area contributed by atoms with Gasteiger partial charge in [0.15, 0.2) is 0 Å². The van der Waals surface area contributed by atoms with Gasteiger partial charge in [-0.25, -0.2) is 14.3 Å². The van der Waals surface area contributed by atoms with E-state index in [1.807, 2.05) is 66.2 Å². The van der Waals surface area contributed by atoms with Gasteiger partial charge >= 0.3 is 11.9 Å². The van der Waals surface area contributed by atoms with Gasteiger partial charge in [-0.15, -0.1) is 22.7 Å². The second-order valence-electron chi connectivity index (χ2n) is 9.17. The third-order valence-electron chi connectivity index (χ3n) is 6.45. The highest BCUT2D eigenvalue weighted by molar-refractivity contribution is 7.13. The highest BCUT2D eigenvalue weighted by atomic mass is 32.1. The topological polar surface area (TPSA) is 148 Å². The van der Waals surface area contributed by atoms with Crippen LogP contribution >= 0.6 is 22.7 Å². The molecule has 1 aliphatic rings. The molecule has 5 heterocycles. The molecule has 4 aromatic heterocycles. The minimum Gasteiger partial charge on any atom is -0.478 e. The van der Waals surface area contributed by atoms with E-state index in [1.165, 1.54) is 27.4 Å². The normalized spacial score (nSPS) is 12.3. The van der Waals surface area contributed by atoms with Gasteiger partial charge in [-0.2, -0.15) is 10.2 Å². The number of pyridine rings is 1. The SMILES string of the molecule is CCOC(=O)c1c(-c2cccs2)nn(CC)c(=O)c1Nc1cncc2ccccc12.O=C(O)C1=CCNN=C1c1cccs1. The summed E-state index contributed by atoms with van der Waals surface area (Å²) in [5.41, 5.74) is 4.45. The van der Waals surface area contributed by atoms with E-state index >= 15 is 0 Å². The lowest BCUT2D eigenvalue weighted by atomic mass is 10.1. The molecule has 0 radical (unpaired) electrons. The Labute approximate surface area is 260 Å². The van der Waals surface area contributed by atoms with Crippen LogP contribution < -0.4 is 16.3 Å². The average molecular weight is 629 g/mol. The van der Waals surface area contributed by atoms with Gasteiger partial charge in [0.25, 0.3) is 5.56 Å². The van der Waals surface area contributed by atoms with Crippen molar-refractivity contribution >= 4 is 62.5 Å². The molecule has 0 atom stereocenters. The number of nitrogens with zero attached hydrogens (tertiary/aromatic N) is 4. The molecule has 0 saturated carbocycles. The lowest BCUT2D eigenvalue weighted by Crippen LogP contribution is -2.29. The number of hydrazone groups is 1. The number of aliphatic carboxylic acids is 1. The maximum absolute atomic E-state index is 13.2. The zero-order valence-electron chi connectivity index (χ0n) is 23.8. The van der Waals surface area contributed by atoms with Gasteiger partial charge in [0.05, 0.1) is 40.4 Å². The van der Waals surface area contributed by atoms with Crippen molar-refractivity contribution in [3.05, 3.63) is 104 Å². The Morgan fingerprint density at radius 2 is 1.80 bits per heavy atom. The van der Waals surface area contributed by atoms with E-state index in [9.17, 15) is 14.4 Å². The molecule has 0 aliphatic carbocycles. The molecule has 1 aromatic carbocycles. The molecular weight excluding hydrogens is 601 g/mol. The van der Waals surface area contributed by atoms with Crippen LogP contribution in [0.2, 0.25) is 0 Å². The second kappa shape index (κ2) is 13.9. The lowest BCUT2D eigenvalue weighted by molar-refractivity contribution is -0.132. The van der Waals surface area contributed by atoms with Crippen molar-refractivity contribution in [3.8, 4) is 10.6 Å². The summed E-state index contributed by atoms with van der Waals surface area (Å²) in [6, 6.07) is 15.2. The number of hydrogen-bond acceptors (Lipinski definition) is 11. The fourth-order valence-corrected chi connectivity index (χ4v) is 5.90. The first-order valence-corrected chi connectivity index (χ1v) is 15.4. The fraction of sp³-hybridized carbons (Fsp3) is 0.161. The Bertz CT molecular complexity index is 1910. The van der Waals surface area contributed by atoms with Gasteiger partial charge in [-0.1, -0.05) is 36.4 Å². The van der Waals surface area contributed by atoms with Crippen molar-refractivity contribution in [1.82, 2.24) is 20.2 Å². The predicted molar refractivity (Wildman–Crippen MR) is 173 cm³/mol. The van der Waals surface area contributed by atoms with E-state index in [-0.39, 0.29) is 23.4 Å². The number of benzene rings is 1. The van der Waals surface area contributed by atoms with Gasteiger partial charge in [0.1, 0.15) is 22.7 Å². The van der Waals surface area contributed by atoms with Crippen LogP contribution in [0.4, 0.5) is 11.4 Å². The maximum atomic E-state index is 13.2. The molecule has 6 rings (SSSR count). The number of carboxylic acid groups (broad SMARTS) is 1. The number of esters is 1. The van der Waals surface area contributed by atoms with Gasteiger partial charge < -0.3 is 20.6 Å². The first-order chi connectivity index (χ1) is 21.4. The number of anilines is 2. The summed E-state index contributed by atoms with van der Waals surface area (Å²) in [7, 11) is 0. The number of aryl methyl sites for hydroxylation is 1. The Kier molecular flexibility index (Phi) is 9.57. The highest BCUT2D eigenvalue weighted by Crippen LogP contribution is 2.32. The number of fused-ring (bicyclic) bond motifs is 1. The van der Waals surface area contributed by atoms with E-state index in [1.54, 1.807) is 25.4 Å². The molecular formula is C31H28N6O5S2. The zero-order chi connectivity index (χ0) is 31.1. The molecule has 13 heteroatoms. The Morgan fingerprint density at radius 1 is 1.05 bits per heavy atom. The molecule has 224 valence electrons.